The fourth-order valence-corrected chi connectivity index (χ4v) is 3.32. The quantitative estimate of drug-likeness (QED) is 0.791. The zero-order chi connectivity index (χ0) is 15.5. The van der Waals surface area contributed by atoms with Crippen molar-refractivity contribution in [2.75, 3.05) is 5.32 Å². The summed E-state index contributed by atoms with van der Waals surface area (Å²) in [5.41, 5.74) is 3.09. The number of aromatic amines is 1. The molecule has 0 saturated heterocycles. The van der Waals surface area contributed by atoms with Gasteiger partial charge < -0.3 is 5.32 Å². The van der Waals surface area contributed by atoms with Gasteiger partial charge in [0.05, 0.1) is 11.4 Å². The number of rotatable bonds is 5. The van der Waals surface area contributed by atoms with E-state index in [0.717, 1.165) is 17.1 Å². The predicted molar refractivity (Wildman–Crippen MR) is 87.4 cm³/mol. The fraction of sp³-hybridized carbons (Fsp3) is 0.533. The molecule has 0 radical (unpaired) electrons. The van der Waals surface area contributed by atoms with Gasteiger partial charge in [-0.15, -0.1) is 11.3 Å². The first-order chi connectivity index (χ1) is 10.6. The molecule has 1 fully saturated rings. The summed E-state index contributed by atoms with van der Waals surface area (Å²) < 4.78 is 0. The van der Waals surface area contributed by atoms with E-state index < -0.39 is 0 Å². The smallest absolute Gasteiger partial charge is 0.321 e. The van der Waals surface area contributed by atoms with Gasteiger partial charge in [-0.25, -0.2) is 9.78 Å². The highest BCUT2D eigenvalue weighted by atomic mass is 32.1. The molecule has 0 aromatic carbocycles. The lowest BCUT2D eigenvalue weighted by Crippen LogP contribution is -2.37. The Morgan fingerprint density at radius 1 is 1.55 bits per heavy atom. The lowest BCUT2D eigenvalue weighted by molar-refractivity contribution is 0.249. The van der Waals surface area contributed by atoms with Crippen LogP contribution in [0.25, 0.3) is 0 Å². The summed E-state index contributed by atoms with van der Waals surface area (Å²) in [6.45, 7) is 3.93. The van der Waals surface area contributed by atoms with Crippen LogP contribution >= 0.6 is 11.3 Å². The molecule has 3 N–H and O–H groups in total. The van der Waals surface area contributed by atoms with Crippen LogP contribution in [-0.2, 0) is 6.42 Å². The molecule has 1 unspecified atom stereocenters. The maximum Gasteiger partial charge on any atom is 0.321 e. The van der Waals surface area contributed by atoms with E-state index in [0.29, 0.717) is 17.5 Å². The number of hydrogen-bond donors (Lipinski definition) is 3. The molecule has 0 spiro atoms. The number of carbonyl (C=O) groups is 1. The molecule has 3 rings (SSSR count). The van der Waals surface area contributed by atoms with Crippen molar-refractivity contribution < 1.29 is 4.79 Å². The van der Waals surface area contributed by atoms with Crippen molar-refractivity contribution in [3.05, 3.63) is 28.5 Å². The number of urea groups is 1. The van der Waals surface area contributed by atoms with Crippen LogP contribution in [0.3, 0.4) is 0 Å². The van der Waals surface area contributed by atoms with Gasteiger partial charge in [0.2, 0.25) is 0 Å². The van der Waals surface area contributed by atoms with E-state index in [9.17, 15) is 4.79 Å². The molecule has 1 atom stereocenters. The lowest BCUT2D eigenvalue weighted by atomic mass is 9.83. The molecule has 1 aliphatic carbocycles. The van der Waals surface area contributed by atoms with Gasteiger partial charge in [-0.05, 0) is 32.8 Å². The van der Waals surface area contributed by atoms with Crippen LogP contribution in [0.5, 0.6) is 0 Å². The number of H-pyrrole nitrogens is 1. The van der Waals surface area contributed by atoms with Gasteiger partial charge in [0.25, 0.3) is 0 Å². The molecular weight excluding hydrogens is 298 g/mol. The SMILES string of the molecule is Cc1cc(CC(C)NC(=O)Nc2nc(C3CCC3)cs2)n[nH]1. The minimum atomic E-state index is -0.214. The Morgan fingerprint density at radius 2 is 2.36 bits per heavy atom. The third-order valence-electron chi connectivity index (χ3n) is 3.92. The number of amides is 2. The maximum absolute atomic E-state index is 12.0. The first-order valence-electron chi connectivity index (χ1n) is 7.64. The monoisotopic (exact) mass is 319 g/mol. The Morgan fingerprint density at radius 3 is 3.00 bits per heavy atom. The van der Waals surface area contributed by atoms with Crippen LogP contribution in [0, 0.1) is 6.92 Å². The minimum absolute atomic E-state index is 0.00812. The number of carbonyl (C=O) groups excluding carboxylic acids is 1. The second kappa shape index (κ2) is 6.48. The van der Waals surface area contributed by atoms with Crippen molar-refractivity contribution in [3.63, 3.8) is 0 Å². The van der Waals surface area contributed by atoms with E-state index in [2.05, 4.69) is 31.2 Å². The third-order valence-corrected chi connectivity index (χ3v) is 4.69. The van der Waals surface area contributed by atoms with Crippen molar-refractivity contribution in [2.45, 2.75) is 51.5 Å². The molecule has 2 amide bonds. The zero-order valence-corrected chi connectivity index (χ0v) is 13.7. The van der Waals surface area contributed by atoms with Gasteiger partial charge in [0, 0.05) is 29.5 Å². The number of nitrogens with zero attached hydrogens (tertiary/aromatic N) is 2. The standard InChI is InChI=1S/C15H21N5OS/c1-9(6-12-7-10(2)19-20-12)16-14(21)18-15-17-13(8-22-15)11-4-3-5-11/h7-9,11H,3-6H2,1-2H3,(H,19,20)(H2,16,17,18,21). The van der Waals surface area contributed by atoms with Crippen LogP contribution in [0.4, 0.5) is 9.93 Å². The highest BCUT2D eigenvalue weighted by Gasteiger charge is 2.22. The summed E-state index contributed by atoms with van der Waals surface area (Å²) in [4.78, 5) is 16.5. The van der Waals surface area contributed by atoms with Crippen LogP contribution in [-0.4, -0.2) is 27.3 Å². The van der Waals surface area contributed by atoms with Crippen molar-refractivity contribution in [1.29, 1.82) is 0 Å². The van der Waals surface area contributed by atoms with E-state index in [1.165, 1.54) is 30.6 Å². The topological polar surface area (TPSA) is 82.7 Å². The van der Waals surface area contributed by atoms with Gasteiger partial charge in [0.15, 0.2) is 5.13 Å². The molecule has 1 saturated carbocycles. The molecule has 2 aromatic rings. The van der Waals surface area contributed by atoms with Gasteiger partial charge >= 0.3 is 6.03 Å². The predicted octanol–water partition coefficient (Wildman–Crippen LogP) is 3.19. The van der Waals surface area contributed by atoms with E-state index >= 15 is 0 Å². The first kappa shape index (κ1) is 15.0. The van der Waals surface area contributed by atoms with E-state index in [1.54, 1.807) is 0 Å². The van der Waals surface area contributed by atoms with Crippen molar-refractivity contribution in [2.24, 2.45) is 0 Å². The fourth-order valence-electron chi connectivity index (χ4n) is 2.54. The minimum Gasteiger partial charge on any atom is -0.335 e. The molecule has 7 heteroatoms. The van der Waals surface area contributed by atoms with E-state index in [4.69, 9.17) is 0 Å². The largest absolute Gasteiger partial charge is 0.335 e. The molecule has 22 heavy (non-hydrogen) atoms. The number of anilines is 1. The highest BCUT2D eigenvalue weighted by Crippen LogP contribution is 2.37. The Balaban J connectivity index is 1.48. The number of aromatic nitrogens is 3. The zero-order valence-electron chi connectivity index (χ0n) is 12.8. The van der Waals surface area contributed by atoms with Crippen LogP contribution in [0.15, 0.2) is 11.4 Å². The number of hydrogen-bond acceptors (Lipinski definition) is 4. The van der Waals surface area contributed by atoms with Gasteiger partial charge in [-0.2, -0.15) is 5.10 Å². The maximum atomic E-state index is 12.0. The Bertz CT molecular complexity index is 646. The van der Waals surface area contributed by atoms with Crippen LogP contribution in [0.1, 0.15) is 49.2 Å². The Kier molecular flexibility index (Phi) is 4.42. The summed E-state index contributed by atoms with van der Waals surface area (Å²) in [6, 6.07) is 1.78. The molecule has 118 valence electrons. The summed E-state index contributed by atoms with van der Waals surface area (Å²) in [6.07, 6.45) is 4.42. The molecule has 1 aliphatic rings. The molecule has 0 aliphatic heterocycles. The highest BCUT2D eigenvalue weighted by molar-refractivity contribution is 7.13. The number of thiazole rings is 1. The average Bonchev–Trinajstić information content (AvgIpc) is 2.97. The second-order valence-electron chi connectivity index (χ2n) is 5.95. The van der Waals surface area contributed by atoms with Gasteiger partial charge in [-0.1, -0.05) is 6.42 Å². The normalized spacial score (nSPS) is 16.1. The van der Waals surface area contributed by atoms with Gasteiger partial charge in [-0.3, -0.25) is 10.4 Å². The lowest BCUT2D eigenvalue weighted by Gasteiger charge is -2.22. The van der Waals surface area contributed by atoms with Crippen molar-refractivity contribution in [1.82, 2.24) is 20.5 Å². The van der Waals surface area contributed by atoms with Crippen LogP contribution < -0.4 is 10.6 Å². The summed E-state index contributed by atoms with van der Waals surface area (Å²) >= 11 is 1.49. The Hall–Kier alpha value is -1.89. The van der Waals surface area contributed by atoms with E-state index in [1.807, 2.05) is 19.9 Å². The average molecular weight is 319 g/mol. The molecule has 0 bridgehead atoms. The number of nitrogens with one attached hydrogen (secondary N) is 3. The van der Waals surface area contributed by atoms with Crippen molar-refractivity contribution in [3.8, 4) is 0 Å². The Labute approximate surface area is 133 Å². The van der Waals surface area contributed by atoms with Crippen LogP contribution in [0.2, 0.25) is 0 Å². The molecule has 2 aromatic heterocycles. The summed E-state index contributed by atoms with van der Waals surface area (Å²) in [5, 5.41) is 15.5. The molecule has 6 nitrogen and oxygen atoms in total. The van der Waals surface area contributed by atoms with Gasteiger partial charge in [0.1, 0.15) is 0 Å². The third kappa shape index (κ3) is 3.65. The number of aryl methyl sites for hydroxylation is 1. The van der Waals surface area contributed by atoms with E-state index in [-0.39, 0.29) is 12.1 Å². The molecule has 2 heterocycles. The summed E-state index contributed by atoms with van der Waals surface area (Å²) in [5.74, 6) is 0.594. The second-order valence-corrected chi connectivity index (χ2v) is 6.81. The summed E-state index contributed by atoms with van der Waals surface area (Å²) in [7, 11) is 0. The first-order valence-corrected chi connectivity index (χ1v) is 8.52. The van der Waals surface area contributed by atoms with Crippen molar-refractivity contribution >= 4 is 22.5 Å². The molecular formula is C15H21N5OS.